The van der Waals surface area contributed by atoms with Gasteiger partial charge in [0.15, 0.2) is 0 Å². The largest absolute Gasteiger partial charge is 0.356 e. The molecule has 3 aliphatic carbocycles. The molecular formula is C29H53ClN2O. The van der Waals surface area contributed by atoms with Crippen LogP contribution in [0.2, 0.25) is 0 Å². The third-order valence-corrected chi connectivity index (χ3v) is 9.90. The van der Waals surface area contributed by atoms with Crippen molar-refractivity contribution in [3.63, 3.8) is 0 Å². The first-order valence-corrected chi connectivity index (χ1v) is 14.8. The van der Waals surface area contributed by atoms with Crippen LogP contribution in [0.15, 0.2) is 0 Å². The molecule has 1 heterocycles. The van der Waals surface area contributed by atoms with Crippen LogP contribution in [-0.4, -0.2) is 37.0 Å². The molecule has 4 rings (SSSR count). The van der Waals surface area contributed by atoms with Crippen molar-refractivity contribution in [2.75, 3.05) is 26.2 Å². The van der Waals surface area contributed by atoms with Gasteiger partial charge in [-0.25, -0.2) is 0 Å². The molecule has 1 spiro atoms. The van der Waals surface area contributed by atoms with Gasteiger partial charge >= 0.3 is 0 Å². The molecule has 192 valence electrons. The molecule has 4 heteroatoms. The Morgan fingerprint density at radius 3 is 1.85 bits per heavy atom. The van der Waals surface area contributed by atoms with Gasteiger partial charge < -0.3 is 10.2 Å². The lowest BCUT2D eigenvalue weighted by molar-refractivity contribution is -0.130. The van der Waals surface area contributed by atoms with Gasteiger partial charge in [-0.15, -0.1) is 12.4 Å². The van der Waals surface area contributed by atoms with Crippen LogP contribution < -0.4 is 5.32 Å². The van der Waals surface area contributed by atoms with Crippen LogP contribution in [0.5, 0.6) is 0 Å². The molecule has 0 aromatic carbocycles. The van der Waals surface area contributed by atoms with E-state index in [0.717, 1.165) is 18.4 Å². The zero-order valence-electron chi connectivity index (χ0n) is 21.5. The Balaban J connectivity index is 0.00000306. The number of nitrogens with zero attached hydrogens (tertiary/aromatic N) is 1. The fourth-order valence-electron chi connectivity index (χ4n) is 7.82. The van der Waals surface area contributed by atoms with E-state index in [2.05, 4.69) is 10.2 Å². The van der Waals surface area contributed by atoms with Gasteiger partial charge in [-0.3, -0.25) is 4.79 Å². The highest BCUT2D eigenvalue weighted by Crippen LogP contribution is 2.44. The summed E-state index contributed by atoms with van der Waals surface area (Å²) in [5.74, 6) is 2.06. The molecule has 1 saturated heterocycles. The highest BCUT2D eigenvalue weighted by molar-refractivity contribution is 5.85. The third kappa shape index (κ3) is 8.13. The van der Waals surface area contributed by atoms with Crippen molar-refractivity contribution >= 4 is 18.3 Å². The molecule has 1 amide bonds. The Bertz CT molecular complexity index is 522. The summed E-state index contributed by atoms with van der Waals surface area (Å²) < 4.78 is 0. The standard InChI is InChI=1S/C29H52N2O.ClH/c32-28(27(25-13-5-1-6-14-25)26-15-7-2-8-16-26)30-21-11-4-12-22-31-23-19-29(20-24-31)17-9-3-10-18-29;/h25-27H,1-24H2,(H,30,32);1H. The Kier molecular flexibility index (Phi) is 11.9. The molecule has 0 aromatic heterocycles. The second-order valence-corrected chi connectivity index (χ2v) is 12.1. The van der Waals surface area contributed by atoms with E-state index in [9.17, 15) is 4.79 Å². The van der Waals surface area contributed by atoms with E-state index in [1.54, 1.807) is 0 Å². The molecule has 1 N–H and O–H groups in total. The number of amides is 1. The average Bonchev–Trinajstić information content (AvgIpc) is 2.85. The third-order valence-electron chi connectivity index (χ3n) is 9.90. The summed E-state index contributed by atoms with van der Waals surface area (Å²) in [7, 11) is 0. The van der Waals surface area contributed by atoms with Crippen LogP contribution in [0.4, 0.5) is 0 Å². The number of unbranched alkanes of at least 4 members (excludes halogenated alkanes) is 2. The van der Waals surface area contributed by atoms with E-state index < -0.39 is 0 Å². The number of halogens is 1. The van der Waals surface area contributed by atoms with Gasteiger partial charge in [0.2, 0.25) is 5.91 Å². The van der Waals surface area contributed by atoms with Crippen LogP contribution in [0.25, 0.3) is 0 Å². The molecule has 0 unspecified atom stereocenters. The number of rotatable bonds is 9. The van der Waals surface area contributed by atoms with Crippen molar-refractivity contribution in [1.29, 1.82) is 0 Å². The topological polar surface area (TPSA) is 32.3 Å². The molecule has 3 saturated carbocycles. The number of carbonyl (C=O) groups excluding carboxylic acids is 1. The first-order chi connectivity index (χ1) is 15.8. The number of likely N-dealkylation sites (tertiary alicyclic amines) is 1. The highest BCUT2D eigenvalue weighted by atomic mass is 35.5. The van der Waals surface area contributed by atoms with Crippen LogP contribution in [0, 0.1) is 23.2 Å². The fourth-order valence-corrected chi connectivity index (χ4v) is 7.82. The maximum Gasteiger partial charge on any atom is 0.223 e. The van der Waals surface area contributed by atoms with E-state index in [1.165, 1.54) is 142 Å². The maximum absolute atomic E-state index is 13.2. The summed E-state index contributed by atoms with van der Waals surface area (Å²) in [6.45, 7) is 4.84. The van der Waals surface area contributed by atoms with Gasteiger partial charge in [0, 0.05) is 12.5 Å². The Labute approximate surface area is 211 Å². The molecule has 3 nitrogen and oxygen atoms in total. The van der Waals surface area contributed by atoms with E-state index in [4.69, 9.17) is 0 Å². The predicted octanol–water partition coefficient (Wildman–Crippen LogP) is 7.52. The summed E-state index contributed by atoms with van der Waals surface area (Å²) in [6, 6.07) is 0. The average molecular weight is 481 g/mol. The van der Waals surface area contributed by atoms with E-state index in [-0.39, 0.29) is 12.4 Å². The minimum Gasteiger partial charge on any atom is -0.356 e. The summed E-state index contributed by atoms with van der Waals surface area (Å²) >= 11 is 0. The van der Waals surface area contributed by atoms with Gasteiger partial charge in [0.05, 0.1) is 0 Å². The first-order valence-electron chi connectivity index (χ1n) is 14.8. The van der Waals surface area contributed by atoms with Crippen molar-refractivity contribution < 1.29 is 4.79 Å². The molecule has 0 aromatic rings. The molecule has 4 fully saturated rings. The lowest BCUT2D eigenvalue weighted by Crippen LogP contribution is -2.41. The SMILES string of the molecule is Cl.O=C(NCCCCCN1CCC2(CCCCC2)CC1)C(C1CCCCC1)C1CCCCC1. The molecule has 4 aliphatic rings. The predicted molar refractivity (Wildman–Crippen MR) is 142 cm³/mol. The normalized spacial score (nSPS) is 25.1. The van der Waals surface area contributed by atoms with Crippen LogP contribution in [-0.2, 0) is 4.79 Å². The Morgan fingerprint density at radius 2 is 1.27 bits per heavy atom. The van der Waals surface area contributed by atoms with Gasteiger partial charge in [-0.05, 0) is 101 Å². The number of carbonyl (C=O) groups is 1. The van der Waals surface area contributed by atoms with Crippen molar-refractivity contribution in [3.8, 4) is 0 Å². The number of hydrogen-bond donors (Lipinski definition) is 1. The summed E-state index contributed by atoms with van der Waals surface area (Å²) in [5, 5.41) is 3.40. The smallest absolute Gasteiger partial charge is 0.223 e. The summed E-state index contributed by atoms with van der Waals surface area (Å²) in [5.41, 5.74) is 0.728. The van der Waals surface area contributed by atoms with Gasteiger partial charge in [0.25, 0.3) is 0 Å². The lowest BCUT2D eigenvalue weighted by atomic mass is 9.68. The molecule has 0 radical (unpaired) electrons. The first kappa shape index (κ1) is 27.3. The highest BCUT2D eigenvalue weighted by Gasteiger charge is 2.37. The fraction of sp³-hybridized carbons (Fsp3) is 0.966. The minimum absolute atomic E-state index is 0. The van der Waals surface area contributed by atoms with Crippen LogP contribution >= 0.6 is 12.4 Å². The van der Waals surface area contributed by atoms with E-state index in [0.29, 0.717) is 23.7 Å². The van der Waals surface area contributed by atoms with E-state index >= 15 is 0 Å². The second kappa shape index (κ2) is 14.3. The van der Waals surface area contributed by atoms with Gasteiger partial charge in [0.1, 0.15) is 0 Å². The lowest BCUT2D eigenvalue weighted by Gasteiger charge is -2.44. The van der Waals surface area contributed by atoms with Crippen molar-refractivity contribution in [1.82, 2.24) is 10.2 Å². The zero-order valence-corrected chi connectivity index (χ0v) is 22.3. The number of piperidine rings is 1. The summed E-state index contributed by atoms with van der Waals surface area (Å²) in [6.07, 6.45) is 27.4. The monoisotopic (exact) mass is 480 g/mol. The Morgan fingerprint density at radius 1 is 0.727 bits per heavy atom. The molecule has 33 heavy (non-hydrogen) atoms. The second-order valence-electron chi connectivity index (χ2n) is 12.1. The van der Waals surface area contributed by atoms with Gasteiger partial charge in [-0.2, -0.15) is 0 Å². The van der Waals surface area contributed by atoms with Crippen molar-refractivity contribution in [2.24, 2.45) is 23.2 Å². The molecule has 1 aliphatic heterocycles. The number of nitrogens with one attached hydrogen (secondary N) is 1. The maximum atomic E-state index is 13.2. The van der Waals surface area contributed by atoms with Crippen LogP contribution in [0.3, 0.4) is 0 Å². The van der Waals surface area contributed by atoms with E-state index in [1.807, 2.05) is 0 Å². The van der Waals surface area contributed by atoms with Gasteiger partial charge in [-0.1, -0.05) is 64.2 Å². The molecule has 0 bridgehead atoms. The quantitative estimate of drug-likeness (QED) is 0.346. The van der Waals surface area contributed by atoms with Crippen molar-refractivity contribution in [3.05, 3.63) is 0 Å². The molecule has 0 atom stereocenters. The summed E-state index contributed by atoms with van der Waals surface area (Å²) in [4.78, 5) is 16.0. The minimum atomic E-state index is 0. The van der Waals surface area contributed by atoms with Crippen molar-refractivity contribution in [2.45, 2.75) is 128 Å². The molecular weight excluding hydrogens is 428 g/mol. The Hall–Kier alpha value is -0.280. The zero-order chi connectivity index (χ0) is 22.1. The number of hydrogen-bond acceptors (Lipinski definition) is 2. The van der Waals surface area contributed by atoms with Crippen LogP contribution in [0.1, 0.15) is 128 Å².